The van der Waals surface area contributed by atoms with Gasteiger partial charge in [0.15, 0.2) is 0 Å². The van der Waals surface area contributed by atoms with Crippen molar-refractivity contribution in [1.82, 2.24) is 10.2 Å². The van der Waals surface area contributed by atoms with Gasteiger partial charge in [-0.05, 0) is 51.5 Å². The Morgan fingerprint density at radius 2 is 2.12 bits per heavy atom. The van der Waals surface area contributed by atoms with Gasteiger partial charge in [-0.2, -0.15) is 0 Å². The fourth-order valence-electron chi connectivity index (χ4n) is 4.05. The van der Waals surface area contributed by atoms with Gasteiger partial charge in [0.05, 0.1) is 5.41 Å². The number of nitrogens with zero attached hydrogens (tertiary/aromatic N) is 1. The van der Waals surface area contributed by atoms with Crippen molar-refractivity contribution < 1.29 is 4.79 Å². The van der Waals surface area contributed by atoms with Crippen molar-refractivity contribution in [3.05, 3.63) is 0 Å². The third kappa shape index (κ3) is 1.88. The van der Waals surface area contributed by atoms with Crippen LogP contribution in [0.2, 0.25) is 0 Å². The number of hydrogen-bond donors (Lipinski definition) is 1. The summed E-state index contributed by atoms with van der Waals surface area (Å²) in [6.45, 7) is 5.04. The number of carbonyl (C=O) groups excluding carboxylic acids is 1. The Hall–Kier alpha value is -0.570. The Bertz CT molecular complexity index is 309. The quantitative estimate of drug-likeness (QED) is 0.752. The number of carbonyl (C=O) groups is 1. The van der Waals surface area contributed by atoms with E-state index >= 15 is 0 Å². The molecule has 0 spiro atoms. The van der Waals surface area contributed by atoms with Gasteiger partial charge >= 0.3 is 0 Å². The summed E-state index contributed by atoms with van der Waals surface area (Å²) in [6.07, 6.45) is 7.51. The van der Waals surface area contributed by atoms with Crippen LogP contribution in [0.25, 0.3) is 0 Å². The van der Waals surface area contributed by atoms with Gasteiger partial charge in [-0.25, -0.2) is 0 Å². The highest BCUT2D eigenvalue weighted by molar-refractivity contribution is 5.83. The van der Waals surface area contributed by atoms with E-state index in [4.69, 9.17) is 0 Å². The van der Waals surface area contributed by atoms with E-state index < -0.39 is 0 Å². The average Bonchev–Trinajstić information content (AvgIpc) is 2.96. The second kappa shape index (κ2) is 4.27. The van der Waals surface area contributed by atoms with Crippen LogP contribution in [-0.4, -0.2) is 36.5 Å². The summed E-state index contributed by atoms with van der Waals surface area (Å²) in [5, 5.41) is 3.35. The maximum absolute atomic E-state index is 12.8. The van der Waals surface area contributed by atoms with E-state index in [9.17, 15) is 4.79 Å². The predicted octanol–water partition coefficient (Wildman–Crippen LogP) is 1.78. The monoisotopic (exact) mass is 236 g/mol. The van der Waals surface area contributed by atoms with Crippen LogP contribution in [0.5, 0.6) is 0 Å². The van der Waals surface area contributed by atoms with Crippen LogP contribution in [0.15, 0.2) is 0 Å². The number of piperidine rings is 1. The van der Waals surface area contributed by atoms with Crippen LogP contribution in [-0.2, 0) is 4.79 Å². The van der Waals surface area contributed by atoms with Gasteiger partial charge in [0.2, 0.25) is 5.91 Å². The number of hydrogen-bond acceptors (Lipinski definition) is 2. The van der Waals surface area contributed by atoms with Crippen LogP contribution in [0.3, 0.4) is 0 Å². The van der Waals surface area contributed by atoms with Crippen LogP contribution >= 0.6 is 0 Å². The molecule has 2 aliphatic heterocycles. The second-order valence-corrected chi connectivity index (χ2v) is 6.39. The molecule has 2 heterocycles. The normalized spacial score (nSPS) is 41.6. The predicted molar refractivity (Wildman–Crippen MR) is 67.7 cm³/mol. The lowest BCUT2D eigenvalue weighted by molar-refractivity contribution is -0.145. The Morgan fingerprint density at radius 1 is 1.29 bits per heavy atom. The van der Waals surface area contributed by atoms with Gasteiger partial charge in [0, 0.05) is 19.1 Å². The lowest BCUT2D eigenvalue weighted by Gasteiger charge is -2.41. The highest BCUT2D eigenvalue weighted by Gasteiger charge is 2.44. The SMILES string of the molecule is CC1(C(=O)N2CCCC3CCCC32)CCNC1. The van der Waals surface area contributed by atoms with Crippen LogP contribution in [0.1, 0.15) is 45.4 Å². The molecule has 2 saturated heterocycles. The number of rotatable bonds is 1. The summed E-state index contributed by atoms with van der Waals surface area (Å²) in [6, 6.07) is 0.577. The van der Waals surface area contributed by atoms with E-state index in [2.05, 4.69) is 17.1 Å². The number of amides is 1. The molecule has 3 heteroatoms. The van der Waals surface area contributed by atoms with Gasteiger partial charge in [-0.15, -0.1) is 0 Å². The zero-order chi connectivity index (χ0) is 11.9. The lowest BCUT2D eigenvalue weighted by atomic mass is 9.84. The molecule has 3 rings (SSSR count). The zero-order valence-corrected chi connectivity index (χ0v) is 10.9. The molecule has 0 aromatic rings. The minimum Gasteiger partial charge on any atom is -0.339 e. The number of likely N-dealkylation sites (tertiary alicyclic amines) is 1. The first-order valence-electron chi connectivity index (χ1n) is 7.22. The Morgan fingerprint density at radius 3 is 2.88 bits per heavy atom. The van der Waals surface area contributed by atoms with E-state index in [1.807, 2.05) is 0 Å². The molecule has 1 aliphatic carbocycles. The first-order valence-corrected chi connectivity index (χ1v) is 7.22. The molecule has 1 amide bonds. The fraction of sp³-hybridized carbons (Fsp3) is 0.929. The lowest BCUT2D eigenvalue weighted by Crippen LogP contribution is -2.52. The molecule has 0 radical (unpaired) electrons. The van der Waals surface area contributed by atoms with Crippen molar-refractivity contribution in [3.8, 4) is 0 Å². The molecule has 3 unspecified atom stereocenters. The van der Waals surface area contributed by atoms with Crippen molar-refractivity contribution in [2.45, 2.75) is 51.5 Å². The summed E-state index contributed by atoms with van der Waals surface area (Å²) >= 11 is 0. The molecule has 3 fully saturated rings. The van der Waals surface area contributed by atoms with Crippen molar-refractivity contribution >= 4 is 5.91 Å². The van der Waals surface area contributed by atoms with E-state index in [1.165, 1.54) is 32.1 Å². The highest BCUT2D eigenvalue weighted by Crippen LogP contribution is 2.39. The van der Waals surface area contributed by atoms with Crippen LogP contribution in [0, 0.1) is 11.3 Å². The maximum Gasteiger partial charge on any atom is 0.230 e. The van der Waals surface area contributed by atoms with Gasteiger partial charge in [-0.3, -0.25) is 4.79 Å². The molecule has 96 valence electrons. The molecular weight excluding hydrogens is 212 g/mol. The standard InChI is InChI=1S/C14H24N2O/c1-14(7-8-15-10-14)13(17)16-9-3-5-11-4-2-6-12(11)16/h11-12,15H,2-10H2,1H3. The second-order valence-electron chi connectivity index (χ2n) is 6.39. The maximum atomic E-state index is 12.8. The summed E-state index contributed by atoms with van der Waals surface area (Å²) in [7, 11) is 0. The molecular formula is C14H24N2O. The topological polar surface area (TPSA) is 32.3 Å². The number of fused-ring (bicyclic) bond motifs is 1. The molecule has 0 aromatic carbocycles. The summed E-state index contributed by atoms with van der Waals surface area (Å²) < 4.78 is 0. The highest BCUT2D eigenvalue weighted by atomic mass is 16.2. The van der Waals surface area contributed by atoms with Gasteiger partial charge in [0.25, 0.3) is 0 Å². The summed E-state index contributed by atoms with van der Waals surface area (Å²) in [5.41, 5.74) is -0.121. The smallest absolute Gasteiger partial charge is 0.230 e. The van der Waals surface area contributed by atoms with Crippen molar-refractivity contribution in [2.24, 2.45) is 11.3 Å². The van der Waals surface area contributed by atoms with Gasteiger partial charge in [0.1, 0.15) is 0 Å². The van der Waals surface area contributed by atoms with Crippen molar-refractivity contribution in [2.75, 3.05) is 19.6 Å². The molecule has 3 nitrogen and oxygen atoms in total. The third-order valence-corrected chi connectivity index (χ3v) is 5.14. The third-order valence-electron chi connectivity index (χ3n) is 5.14. The largest absolute Gasteiger partial charge is 0.339 e. The molecule has 0 aromatic heterocycles. The fourth-order valence-corrected chi connectivity index (χ4v) is 4.05. The molecule has 3 atom stereocenters. The van der Waals surface area contributed by atoms with E-state index in [0.29, 0.717) is 11.9 Å². The van der Waals surface area contributed by atoms with Gasteiger partial charge < -0.3 is 10.2 Å². The van der Waals surface area contributed by atoms with Crippen molar-refractivity contribution in [1.29, 1.82) is 0 Å². The first-order chi connectivity index (χ1) is 8.21. The van der Waals surface area contributed by atoms with Gasteiger partial charge in [-0.1, -0.05) is 6.42 Å². The Labute approximate surface area is 104 Å². The molecule has 1 saturated carbocycles. The van der Waals surface area contributed by atoms with Crippen molar-refractivity contribution in [3.63, 3.8) is 0 Å². The van der Waals surface area contributed by atoms with Crippen LogP contribution in [0.4, 0.5) is 0 Å². The zero-order valence-electron chi connectivity index (χ0n) is 10.9. The molecule has 3 aliphatic rings. The molecule has 1 N–H and O–H groups in total. The van der Waals surface area contributed by atoms with E-state index in [1.54, 1.807) is 0 Å². The molecule has 0 bridgehead atoms. The minimum absolute atomic E-state index is 0.121. The Balaban J connectivity index is 1.76. The summed E-state index contributed by atoms with van der Waals surface area (Å²) in [5.74, 6) is 1.24. The van der Waals surface area contributed by atoms with E-state index in [0.717, 1.165) is 32.0 Å². The van der Waals surface area contributed by atoms with E-state index in [-0.39, 0.29) is 5.41 Å². The number of nitrogens with one attached hydrogen (secondary N) is 1. The summed E-state index contributed by atoms with van der Waals surface area (Å²) in [4.78, 5) is 15.0. The first kappa shape index (κ1) is 11.5. The Kier molecular flexibility index (Phi) is 2.89. The van der Waals surface area contributed by atoms with Crippen LogP contribution < -0.4 is 5.32 Å². The minimum atomic E-state index is -0.121. The average molecular weight is 236 g/mol. The molecule has 17 heavy (non-hydrogen) atoms.